The van der Waals surface area contributed by atoms with Crippen LogP contribution in [0.25, 0.3) is 0 Å². The second-order valence-corrected chi connectivity index (χ2v) is 6.62. The summed E-state index contributed by atoms with van der Waals surface area (Å²) in [7, 11) is 0. The third-order valence-corrected chi connectivity index (χ3v) is 5.10. The van der Waals surface area contributed by atoms with Gasteiger partial charge in [0.25, 0.3) is 0 Å². The zero-order valence-electron chi connectivity index (χ0n) is 12.3. The Morgan fingerprint density at radius 3 is 2.90 bits per heavy atom. The first kappa shape index (κ1) is 14.7. The van der Waals surface area contributed by atoms with Crippen molar-refractivity contribution in [3.8, 4) is 0 Å². The topological polar surface area (TPSA) is 73.6 Å². The van der Waals surface area contributed by atoms with Gasteiger partial charge in [0.15, 0.2) is 0 Å². The van der Waals surface area contributed by atoms with E-state index >= 15 is 0 Å². The van der Waals surface area contributed by atoms with Crippen molar-refractivity contribution in [2.45, 2.75) is 44.6 Å². The van der Waals surface area contributed by atoms with Crippen LogP contribution in [0.1, 0.15) is 53.8 Å². The first-order valence-corrected chi connectivity index (χ1v) is 8.47. The van der Waals surface area contributed by atoms with Gasteiger partial charge in [0.2, 0.25) is 0 Å². The number of esters is 1. The van der Waals surface area contributed by atoms with Crippen molar-refractivity contribution in [2.24, 2.45) is 0 Å². The number of ether oxygens (including phenoxy) is 2. The van der Waals surface area contributed by atoms with Crippen molar-refractivity contribution in [2.75, 3.05) is 30.8 Å². The lowest BCUT2D eigenvalue weighted by Crippen LogP contribution is -2.18. The van der Waals surface area contributed by atoms with E-state index in [0.717, 1.165) is 49.4 Å². The molecule has 0 amide bonds. The Labute approximate surface area is 128 Å². The Hall–Kier alpha value is -1.27. The molecule has 2 heterocycles. The number of carbonyl (C=O) groups is 1. The fraction of sp³-hybridized carbons (Fsp3) is 0.667. The first-order valence-electron chi connectivity index (χ1n) is 7.65. The van der Waals surface area contributed by atoms with Crippen LogP contribution in [0.5, 0.6) is 0 Å². The second kappa shape index (κ2) is 6.23. The molecule has 3 N–H and O–H groups in total. The molecular formula is C15H22N2O3S. The molecule has 1 atom stereocenters. The molecule has 6 heteroatoms. The molecule has 1 saturated heterocycles. The minimum Gasteiger partial charge on any atom is -0.462 e. The molecule has 0 bridgehead atoms. The van der Waals surface area contributed by atoms with Crippen LogP contribution < -0.4 is 11.1 Å². The fourth-order valence-electron chi connectivity index (χ4n) is 2.73. The first-order chi connectivity index (χ1) is 10.2. The van der Waals surface area contributed by atoms with Gasteiger partial charge in [-0.2, -0.15) is 0 Å². The van der Waals surface area contributed by atoms with Gasteiger partial charge in [-0.1, -0.05) is 0 Å². The minimum absolute atomic E-state index is 0.270. The largest absolute Gasteiger partial charge is 0.462 e. The Balaban J connectivity index is 1.77. The molecule has 3 rings (SSSR count). The molecule has 2 aliphatic rings. The molecule has 1 aromatic rings. The highest BCUT2D eigenvalue weighted by atomic mass is 32.1. The molecule has 1 aliphatic heterocycles. The van der Waals surface area contributed by atoms with Crippen molar-refractivity contribution in [1.29, 1.82) is 0 Å². The number of carbonyl (C=O) groups excluding carboxylic acids is 1. The second-order valence-electron chi connectivity index (χ2n) is 5.60. The third kappa shape index (κ3) is 3.16. The average Bonchev–Trinajstić information content (AvgIpc) is 3.05. The van der Waals surface area contributed by atoms with Crippen LogP contribution in [-0.2, 0) is 9.47 Å². The highest BCUT2D eigenvalue weighted by molar-refractivity contribution is 7.18. The van der Waals surface area contributed by atoms with Crippen LogP contribution >= 0.6 is 11.3 Å². The SMILES string of the molecule is CCOC(=O)c1sc(NCC2CCCO2)c(C2CC2)c1N. The molecule has 0 aromatic carbocycles. The van der Waals surface area contributed by atoms with E-state index in [9.17, 15) is 4.79 Å². The summed E-state index contributed by atoms with van der Waals surface area (Å²) in [5.41, 5.74) is 7.92. The van der Waals surface area contributed by atoms with Gasteiger partial charge in [-0.15, -0.1) is 11.3 Å². The number of anilines is 2. The van der Waals surface area contributed by atoms with Crippen molar-refractivity contribution >= 4 is 28.0 Å². The molecule has 1 saturated carbocycles. The predicted molar refractivity (Wildman–Crippen MR) is 84.1 cm³/mol. The van der Waals surface area contributed by atoms with E-state index in [1.807, 2.05) is 0 Å². The summed E-state index contributed by atoms with van der Waals surface area (Å²) in [5.74, 6) is 0.184. The predicted octanol–water partition coefficient (Wildman–Crippen LogP) is 2.98. The maximum absolute atomic E-state index is 12.0. The van der Waals surface area contributed by atoms with Gasteiger partial charge in [-0.25, -0.2) is 4.79 Å². The highest BCUT2D eigenvalue weighted by Gasteiger charge is 2.33. The normalized spacial score (nSPS) is 21.5. The van der Waals surface area contributed by atoms with Crippen LogP contribution in [0.4, 0.5) is 10.7 Å². The van der Waals surface area contributed by atoms with Crippen molar-refractivity contribution in [3.63, 3.8) is 0 Å². The monoisotopic (exact) mass is 310 g/mol. The molecule has 0 spiro atoms. The molecule has 116 valence electrons. The molecule has 0 radical (unpaired) electrons. The van der Waals surface area contributed by atoms with E-state index in [2.05, 4.69) is 5.32 Å². The summed E-state index contributed by atoms with van der Waals surface area (Å²) < 4.78 is 10.7. The van der Waals surface area contributed by atoms with Gasteiger partial charge in [0, 0.05) is 18.7 Å². The molecular weight excluding hydrogens is 288 g/mol. The number of hydrogen-bond acceptors (Lipinski definition) is 6. The molecule has 1 unspecified atom stereocenters. The van der Waals surface area contributed by atoms with E-state index in [4.69, 9.17) is 15.2 Å². The van der Waals surface area contributed by atoms with Gasteiger partial charge in [0.1, 0.15) is 4.88 Å². The maximum Gasteiger partial charge on any atom is 0.350 e. The van der Waals surface area contributed by atoms with E-state index in [-0.39, 0.29) is 12.1 Å². The Morgan fingerprint density at radius 1 is 1.48 bits per heavy atom. The maximum atomic E-state index is 12.0. The Morgan fingerprint density at radius 2 is 2.29 bits per heavy atom. The van der Waals surface area contributed by atoms with E-state index in [1.54, 1.807) is 6.92 Å². The van der Waals surface area contributed by atoms with Gasteiger partial charge in [-0.05, 0) is 38.5 Å². The Kier molecular flexibility index (Phi) is 4.35. The van der Waals surface area contributed by atoms with E-state index in [1.165, 1.54) is 11.3 Å². The number of thiophene rings is 1. The summed E-state index contributed by atoms with van der Waals surface area (Å²) >= 11 is 1.42. The van der Waals surface area contributed by atoms with Gasteiger partial charge in [0.05, 0.1) is 23.4 Å². The minimum atomic E-state index is -0.313. The summed E-state index contributed by atoms with van der Waals surface area (Å²) in [6, 6.07) is 0. The fourth-order valence-corrected chi connectivity index (χ4v) is 3.83. The van der Waals surface area contributed by atoms with Crippen molar-refractivity contribution in [3.05, 3.63) is 10.4 Å². The number of nitrogen functional groups attached to an aromatic ring is 1. The lowest BCUT2D eigenvalue weighted by atomic mass is 10.1. The van der Waals surface area contributed by atoms with Gasteiger partial charge >= 0.3 is 5.97 Å². The smallest absolute Gasteiger partial charge is 0.350 e. The van der Waals surface area contributed by atoms with Crippen LogP contribution in [0.3, 0.4) is 0 Å². The summed E-state index contributed by atoms with van der Waals surface area (Å²) in [6.45, 7) is 3.80. The molecule has 5 nitrogen and oxygen atoms in total. The van der Waals surface area contributed by atoms with Gasteiger partial charge < -0.3 is 20.5 Å². The van der Waals surface area contributed by atoms with Crippen LogP contribution in [-0.4, -0.2) is 31.8 Å². The number of nitrogens with one attached hydrogen (secondary N) is 1. The van der Waals surface area contributed by atoms with Crippen molar-refractivity contribution < 1.29 is 14.3 Å². The van der Waals surface area contributed by atoms with Crippen LogP contribution in [0.2, 0.25) is 0 Å². The van der Waals surface area contributed by atoms with Crippen molar-refractivity contribution in [1.82, 2.24) is 0 Å². The standard InChI is InChI=1S/C15H22N2O3S/c1-2-19-15(18)13-12(16)11(9-5-6-9)14(21-13)17-8-10-4-3-7-20-10/h9-10,17H,2-8,16H2,1H3. The molecule has 21 heavy (non-hydrogen) atoms. The zero-order chi connectivity index (χ0) is 14.8. The average molecular weight is 310 g/mol. The van der Waals surface area contributed by atoms with Gasteiger partial charge in [-0.3, -0.25) is 0 Å². The summed E-state index contributed by atoms with van der Waals surface area (Å²) in [5, 5.41) is 4.46. The highest BCUT2D eigenvalue weighted by Crippen LogP contribution is 2.51. The zero-order valence-corrected chi connectivity index (χ0v) is 13.1. The number of nitrogens with two attached hydrogens (primary N) is 1. The van der Waals surface area contributed by atoms with E-state index < -0.39 is 0 Å². The molecule has 1 aromatic heterocycles. The summed E-state index contributed by atoms with van der Waals surface area (Å²) in [6.07, 6.45) is 4.79. The Bertz CT molecular complexity index is 519. The van der Waals surface area contributed by atoms with E-state index in [0.29, 0.717) is 23.1 Å². The number of rotatable bonds is 6. The molecule has 2 fully saturated rings. The molecule has 1 aliphatic carbocycles. The quantitative estimate of drug-likeness (QED) is 0.790. The lowest BCUT2D eigenvalue weighted by Gasteiger charge is -2.12. The lowest BCUT2D eigenvalue weighted by molar-refractivity contribution is 0.0533. The summed E-state index contributed by atoms with van der Waals surface area (Å²) in [4.78, 5) is 12.5. The van der Waals surface area contributed by atoms with Crippen LogP contribution in [0, 0.1) is 0 Å². The van der Waals surface area contributed by atoms with Crippen LogP contribution in [0.15, 0.2) is 0 Å². The number of hydrogen-bond donors (Lipinski definition) is 2. The third-order valence-electron chi connectivity index (χ3n) is 3.94.